The van der Waals surface area contributed by atoms with Crippen molar-refractivity contribution in [1.82, 2.24) is 4.90 Å². The van der Waals surface area contributed by atoms with Crippen LogP contribution in [0, 0.1) is 0 Å². The molecule has 0 spiro atoms. The summed E-state index contributed by atoms with van der Waals surface area (Å²) in [5, 5.41) is 9.76. The lowest BCUT2D eigenvalue weighted by atomic mass is 9.98. The van der Waals surface area contributed by atoms with E-state index in [1.54, 1.807) is 11.2 Å². The second kappa shape index (κ2) is 2.60. The summed E-state index contributed by atoms with van der Waals surface area (Å²) >= 11 is 0. The lowest BCUT2D eigenvalue weighted by molar-refractivity contribution is -0.129. The molecular weight excluding hydrogens is 182 g/mol. The lowest BCUT2D eigenvalue weighted by Gasteiger charge is -2.30. The number of hydrogen-bond donors (Lipinski definition) is 1. The second-order valence-electron chi connectivity index (χ2n) is 3.85. The average molecular weight is 193 g/mol. The first-order valence-corrected chi connectivity index (χ1v) is 4.81. The molecule has 2 aliphatic rings. The van der Waals surface area contributed by atoms with Gasteiger partial charge < -0.3 is 14.4 Å². The van der Waals surface area contributed by atoms with E-state index in [0.29, 0.717) is 6.54 Å². The Labute approximate surface area is 81.1 Å². The molecule has 1 aromatic heterocycles. The molecular formula is C10H11NO3. The summed E-state index contributed by atoms with van der Waals surface area (Å²) in [6, 6.07) is 1.69. The molecule has 0 aromatic carbocycles. The van der Waals surface area contributed by atoms with Crippen LogP contribution >= 0.6 is 0 Å². The number of fused-ring (bicyclic) bond motifs is 3. The van der Waals surface area contributed by atoms with E-state index >= 15 is 0 Å². The van der Waals surface area contributed by atoms with Crippen LogP contribution in [0.25, 0.3) is 0 Å². The van der Waals surface area contributed by atoms with Gasteiger partial charge in [-0.2, -0.15) is 0 Å². The van der Waals surface area contributed by atoms with Crippen molar-refractivity contribution in [3.8, 4) is 0 Å². The molecule has 0 aliphatic carbocycles. The predicted molar refractivity (Wildman–Crippen MR) is 47.5 cm³/mol. The molecule has 1 aromatic rings. The molecule has 2 aliphatic heterocycles. The third kappa shape index (κ3) is 0.889. The first kappa shape index (κ1) is 8.05. The maximum atomic E-state index is 11.5. The smallest absolute Gasteiger partial charge is 0.225 e. The Bertz CT molecular complexity index is 384. The van der Waals surface area contributed by atoms with Crippen LogP contribution in [0.15, 0.2) is 16.7 Å². The largest absolute Gasteiger partial charge is 0.469 e. The van der Waals surface area contributed by atoms with Gasteiger partial charge in [-0.3, -0.25) is 4.79 Å². The van der Waals surface area contributed by atoms with Crippen LogP contribution in [0.1, 0.15) is 23.8 Å². The quantitative estimate of drug-likeness (QED) is 0.651. The van der Waals surface area contributed by atoms with E-state index in [-0.39, 0.29) is 18.4 Å². The summed E-state index contributed by atoms with van der Waals surface area (Å²) in [6.45, 7) is 0.668. The fraction of sp³-hybridized carbons (Fsp3) is 0.500. The number of nitrogens with zero attached hydrogens (tertiary/aromatic N) is 1. The van der Waals surface area contributed by atoms with Crippen molar-refractivity contribution in [2.24, 2.45) is 0 Å². The second-order valence-corrected chi connectivity index (χ2v) is 3.85. The molecule has 1 fully saturated rings. The van der Waals surface area contributed by atoms with Gasteiger partial charge in [0.2, 0.25) is 5.91 Å². The SMILES string of the molecule is O=C1C[C@H](O)[C@H]2c3ccoc3CCN12. The van der Waals surface area contributed by atoms with Gasteiger partial charge in [-0.05, 0) is 6.07 Å². The van der Waals surface area contributed by atoms with E-state index in [1.165, 1.54) is 0 Å². The van der Waals surface area contributed by atoms with Crippen LogP contribution in [0.5, 0.6) is 0 Å². The maximum Gasteiger partial charge on any atom is 0.225 e. The zero-order valence-corrected chi connectivity index (χ0v) is 7.64. The molecule has 3 rings (SSSR count). The predicted octanol–water partition coefficient (Wildman–Crippen LogP) is 0.470. The zero-order valence-electron chi connectivity index (χ0n) is 7.64. The van der Waals surface area contributed by atoms with Crippen molar-refractivity contribution >= 4 is 5.91 Å². The van der Waals surface area contributed by atoms with E-state index in [2.05, 4.69) is 0 Å². The Hall–Kier alpha value is -1.29. The Morgan fingerprint density at radius 1 is 1.57 bits per heavy atom. The minimum Gasteiger partial charge on any atom is -0.469 e. The highest BCUT2D eigenvalue weighted by Crippen LogP contribution is 2.38. The number of amides is 1. The molecule has 1 amide bonds. The summed E-state index contributed by atoms with van der Waals surface area (Å²) in [6.07, 6.45) is 2.06. The summed E-state index contributed by atoms with van der Waals surface area (Å²) in [5.41, 5.74) is 0.981. The number of aliphatic hydroxyl groups is 1. The third-order valence-corrected chi connectivity index (χ3v) is 3.08. The first-order chi connectivity index (χ1) is 6.77. The number of hydrogen-bond acceptors (Lipinski definition) is 3. The number of carbonyl (C=O) groups is 1. The van der Waals surface area contributed by atoms with E-state index in [1.807, 2.05) is 6.07 Å². The summed E-state index contributed by atoms with van der Waals surface area (Å²) in [4.78, 5) is 13.2. The van der Waals surface area contributed by atoms with Gasteiger partial charge >= 0.3 is 0 Å². The van der Waals surface area contributed by atoms with Gasteiger partial charge in [0.15, 0.2) is 0 Å². The van der Waals surface area contributed by atoms with Crippen LogP contribution in [0.2, 0.25) is 0 Å². The van der Waals surface area contributed by atoms with Crippen LogP contribution in [-0.4, -0.2) is 28.6 Å². The zero-order chi connectivity index (χ0) is 9.71. The van der Waals surface area contributed by atoms with Crippen LogP contribution in [-0.2, 0) is 11.2 Å². The van der Waals surface area contributed by atoms with Crippen LogP contribution in [0.4, 0.5) is 0 Å². The minimum absolute atomic E-state index is 0.0503. The monoisotopic (exact) mass is 193 g/mol. The fourth-order valence-electron chi connectivity index (χ4n) is 2.45. The van der Waals surface area contributed by atoms with Crippen LogP contribution < -0.4 is 0 Å². The number of furan rings is 1. The van der Waals surface area contributed by atoms with E-state index in [0.717, 1.165) is 17.7 Å². The van der Waals surface area contributed by atoms with Gasteiger partial charge in [-0.15, -0.1) is 0 Å². The van der Waals surface area contributed by atoms with Gasteiger partial charge in [0.25, 0.3) is 0 Å². The minimum atomic E-state index is -0.570. The molecule has 0 unspecified atom stereocenters. The lowest BCUT2D eigenvalue weighted by Crippen LogP contribution is -2.35. The van der Waals surface area contributed by atoms with Gasteiger partial charge in [-0.1, -0.05) is 0 Å². The van der Waals surface area contributed by atoms with Crippen molar-refractivity contribution in [1.29, 1.82) is 0 Å². The molecule has 0 saturated carbocycles. The highest BCUT2D eigenvalue weighted by molar-refractivity contribution is 5.80. The Morgan fingerprint density at radius 2 is 2.43 bits per heavy atom. The van der Waals surface area contributed by atoms with Crippen molar-refractivity contribution in [3.63, 3.8) is 0 Å². The molecule has 4 heteroatoms. The van der Waals surface area contributed by atoms with E-state index in [9.17, 15) is 9.90 Å². The summed E-state index contributed by atoms with van der Waals surface area (Å²) < 4.78 is 5.30. The molecule has 0 bridgehead atoms. The standard InChI is InChI=1S/C10H11NO3/c12-7-5-9(13)11-3-1-8-6(10(7)11)2-4-14-8/h2,4,7,10,12H,1,3,5H2/t7-,10+/m0/s1. The average Bonchev–Trinajstić information content (AvgIpc) is 2.71. The van der Waals surface area contributed by atoms with Gasteiger partial charge in [-0.25, -0.2) is 0 Å². The summed E-state index contributed by atoms with van der Waals surface area (Å²) in [5.74, 6) is 0.967. The highest BCUT2D eigenvalue weighted by atomic mass is 16.3. The fourth-order valence-corrected chi connectivity index (χ4v) is 2.45. The van der Waals surface area contributed by atoms with Gasteiger partial charge in [0, 0.05) is 18.5 Å². The molecule has 1 saturated heterocycles. The molecule has 2 atom stereocenters. The molecule has 3 heterocycles. The first-order valence-electron chi connectivity index (χ1n) is 4.81. The maximum absolute atomic E-state index is 11.5. The Kier molecular flexibility index (Phi) is 1.50. The number of carbonyl (C=O) groups excluding carboxylic acids is 1. The van der Waals surface area contributed by atoms with Gasteiger partial charge in [0.05, 0.1) is 24.8 Å². The Morgan fingerprint density at radius 3 is 3.29 bits per heavy atom. The van der Waals surface area contributed by atoms with Crippen molar-refractivity contribution in [2.45, 2.75) is 25.0 Å². The number of aliphatic hydroxyl groups excluding tert-OH is 1. The molecule has 1 N–H and O–H groups in total. The van der Waals surface area contributed by atoms with Crippen molar-refractivity contribution < 1.29 is 14.3 Å². The topological polar surface area (TPSA) is 53.7 Å². The third-order valence-electron chi connectivity index (χ3n) is 3.08. The van der Waals surface area contributed by atoms with Crippen molar-refractivity contribution in [3.05, 3.63) is 23.7 Å². The summed E-state index contributed by atoms with van der Waals surface area (Å²) in [7, 11) is 0. The van der Waals surface area contributed by atoms with E-state index < -0.39 is 6.10 Å². The molecule has 74 valence electrons. The normalized spacial score (nSPS) is 30.4. The van der Waals surface area contributed by atoms with Crippen LogP contribution in [0.3, 0.4) is 0 Å². The van der Waals surface area contributed by atoms with Gasteiger partial charge in [0.1, 0.15) is 5.76 Å². The molecule has 4 nitrogen and oxygen atoms in total. The molecule has 14 heavy (non-hydrogen) atoms. The molecule has 0 radical (unpaired) electrons. The number of rotatable bonds is 0. The Balaban J connectivity index is 2.08. The van der Waals surface area contributed by atoms with E-state index in [4.69, 9.17) is 4.42 Å². The van der Waals surface area contributed by atoms with Crippen molar-refractivity contribution in [2.75, 3.05) is 6.54 Å². The highest BCUT2D eigenvalue weighted by Gasteiger charge is 2.43.